The average molecular weight is 574 g/mol. The Kier molecular flexibility index (Phi) is 8.15. The summed E-state index contributed by atoms with van der Waals surface area (Å²) in [4.78, 5) is 30.6. The number of aryl methyl sites for hydroxylation is 1. The molecule has 1 aliphatic carbocycles. The third kappa shape index (κ3) is 5.96. The molecule has 0 unspecified atom stereocenters. The molecule has 11 heteroatoms. The van der Waals surface area contributed by atoms with E-state index in [4.69, 9.17) is 9.47 Å². The van der Waals surface area contributed by atoms with E-state index in [0.717, 1.165) is 5.01 Å². The second-order valence-electron chi connectivity index (χ2n) is 12.2. The minimum absolute atomic E-state index is 0.177. The minimum atomic E-state index is -4.63. The van der Waals surface area contributed by atoms with Crippen LogP contribution in [0.1, 0.15) is 71.0 Å². The molecule has 1 saturated carbocycles. The van der Waals surface area contributed by atoms with Crippen molar-refractivity contribution in [2.45, 2.75) is 103 Å². The zero-order chi connectivity index (χ0) is 29.1. The molecule has 0 spiro atoms. The normalized spacial score (nSPS) is 39.9. The molecule has 7 nitrogen and oxygen atoms in total. The molecule has 1 aromatic rings. The summed E-state index contributed by atoms with van der Waals surface area (Å²) >= 11 is 1.42. The summed E-state index contributed by atoms with van der Waals surface area (Å²) in [6.07, 6.45) is -8.19. The molecular weight excluding hydrogens is 535 g/mol. The molecule has 218 valence electrons. The highest BCUT2D eigenvalue weighted by Gasteiger charge is 2.74. The molecule has 2 aliphatic heterocycles. The monoisotopic (exact) mass is 573 g/mol. The summed E-state index contributed by atoms with van der Waals surface area (Å²) in [5.41, 5.74) is -2.60. The fraction of sp³-hybridized carbons (Fsp3) is 0.750. The Hall–Kier alpha value is -1.82. The van der Waals surface area contributed by atoms with Gasteiger partial charge in [0.05, 0.1) is 34.7 Å². The Bertz CT molecular complexity index is 1130. The number of cyclic esters (lactones) is 1. The molecule has 9 atom stereocenters. The average Bonchev–Trinajstić information content (AvgIpc) is 3.72. The van der Waals surface area contributed by atoms with Crippen LogP contribution in [0.25, 0.3) is 6.08 Å². The van der Waals surface area contributed by atoms with E-state index in [9.17, 15) is 33.0 Å². The maximum atomic E-state index is 14.3. The van der Waals surface area contributed by atoms with Crippen LogP contribution < -0.4 is 0 Å². The van der Waals surface area contributed by atoms with Gasteiger partial charge >= 0.3 is 12.1 Å². The lowest BCUT2D eigenvalue weighted by molar-refractivity contribution is -0.187. The SMILES string of the molecule is C/C(=C\c1csc(C)n1)[C@@H]1C[C@@H]2O[C@]2(C(F)(F)F)C[C@@H]2C[C@H]2[C@H](C)[C@H](O)[C@@H](C)C(=O)C(C)(C)[C@@H](O)CC(=O)O1. The summed E-state index contributed by atoms with van der Waals surface area (Å²) in [5.74, 6) is -3.05. The van der Waals surface area contributed by atoms with Gasteiger partial charge in [-0.05, 0) is 56.1 Å². The number of fused-ring (bicyclic) bond motifs is 2. The van der Waals surface area contributed by atoms with Crippen molar-refractivity contribution in [2.24, 2.45) is 29.1 Å². The summed E-state index contributed by atoms with van der Waals surface area (Å²) < 4.78 is 54.1. The molecule has 0 aromatic carbocycles. The highest BCUT2D eigenvalue weighted by atomic mass is 32.1. The van der Waals surface area contributed by atoms with Crippen molar-refractivity contribution in [3.63, 3.8) is 0 Å². The predicted octanol–water partition coefficient (Wildman–Crippen LogP) is 4.88. The van der Waals surface area contributed by atoms with Gasteiger partial charge in [0.15, 0.2) is 5.60 Å². The Morgan fingerprint density at radius 2 is 1.87 bits per heavy atom. The Morgan fingerprint density at radius 1 is 1.21 bits per heavy atom. The van der Waals surface area contributed by atoms with Crippen molar-refractivity contribution in [2.75, 3.05) is 0 Å². The summed E-state index contributed by atoms with van der Waals surface area (Å²) in [6.45, 7) is 9.83. The summed E-state index contributed by atoms with van der Waals surface area (Å²) in [6, 6.07) is 0. The molecule has 1 aromatic heterocycles. The number of nitrogens with zero attached hydrogens (tertiary/aromatic N) is 1. The lowest BCUT2D eigenvalue weighted by Crippen LogP contribution is -2.46. The van der Waals surface area contributed by atoms with Gasteiger partial charge < -0.3 is 19.7 Å². The summed E-state index contributed by atoms with van der Waals surface area (Å²) in [5, 5.41) is 24.5. The largest absolute Gasteiger partial charge is 0.458 e. The molecule has 2 saturated heterocycles. The number of halogens is 3. The Morgan fingerprint density at radius 3 is 2.46 bits per heavy atom. The van der Waals surface area contributed by atoms with Gasteiger partial charge in [-0.3, -0.25) is 9.59 Å². The minimum Gasteiger partial charge on any atom is -0.458 e. The van der Waals surface area contributed by atoms with Crippen LogP contribution >= 0.6 is 11.3 Å². The molecule has 3 fully saturated rings. The molecule has 39 heavy (non-hydrogen) atoms. The number of aromatic nitrogens is 1. The van der Waals surface area contributed by atoms with Crippen molar-refractivity contribution < 1.29 is 42.4 Å². The molecular formula is C28H38F3NO6S. The third-order valence-corrected chi connectivity index (χ3v) is 9.82. The van der Waals surface area contributed by atoms with E-state index in [1.54, 1.807) is 32.2 Å². The first kappa shape index (κ1) is 30.1. The molecule has 0 radical (unpaired) electrons. The first-order valence-corrected chi connectivity index (χ1v) is 14.3. The molecule has 2 N–H and O–H groups in total. The number of carbonyl (C=O) groups is 2. The van der Waals surface area contributed by atoms with Crippen molar-refractivity contribution in [3.05, 3.63) is 21.7 Å². The maximum Gasteiger partial charge on any atom is 0.420 e. The Balaban J connectivity index is 1.67. The number of ketones is 1. The van der Waals surface area contributed by atoms with Crippen molar-refractivity contribution in [3.8, 4) is 0 Å². The summed E-state index contributed by atoms with van der Waals surface area (Å²) in [7, 11) is 0. The van der Waals surface area contributed by atoms with Crippen molar-refractivity contribution >= 4 is 29.2 Å². The number of ether oxygens (including phenoxy) is 2. The predicted molar refractivity (Wildman–Crippen MR) is 139 cm³/mol. The van der Waals surface area contributed by atoms with Crippen molar-refractivity contribution in [1.29, 1.82) is 0 Å². The lowest BCUT2D eigenvalue weighted by Gasteiger charge is -2.34. The van der Waals surface area contributed by atoms with Crippen LogP contribution in [0.3, 0.4) is 0 Å². The van der Waals surface area contributed by atoms with Crippen LogP contribution in [0.4, 0.5) is 13.2 Å². The fourth-order valence-corrected chi connectivity index (χ4v) is 6.64. The number of thiazole rings is 1. The number of esters is 1. The number of aliphatic hydroxyl groups excluding tert-OH is 2. The quantitative estimate of drug-likeness (QED) is 0.384. The highest BCUT2D eigenvalue weighted by molar-refractivity contribution is 7.09. The van der Waals surface area contributed by atoms with Gasteiger partial charge in [0.1, 0.15) is 18.0 Å². The number of hydrogen-bond donors (Lipinski definition) is 2. The number of rotatable bonds is 2. The fourth-order valence-electron chi connectivity index (χ4n) is 6.07. The molecule has 4 rings (SSSR count). The molecule has 3 heterocycles. The van der Waals surface area contributed by atoms with E-state index in [1.165, 1.54) is 25.2 Å². The van der Waals surface area contributed by atoms with E-state index in [0.29, 0.717) is 17.7 Å². The molecule has 0 bridgehead atoms. The topological polar surface area (TPSA) is 109 Å². The second-order valence-corrected chi connectivity index (χ2v) is 13.3. The van der Waals surface area contributed by atoms with Gasteiger partial charge in [0.2, 0.25) is 0 Å². The zero-order valence-electron chi connectivity index (χ0n) is 23.1. The number of aliphatic hydroxyl groups is 2. The number of alkyl halides is 3. The molecule has 3 aliphatic rings. The van der Waals surface area contributed by atoms with Gasteiger partial charge in [-0.1, -0.05) is 27.7 Å². The van der Waals surface area contributed by atoms with Crippen LogP contribution in [0, 0.1) is 36.0 Å². The number of hydrogen-bond acceptors (Lipinski definition) is 8. The van der Waals surface area contributed by atoms with E-state index in [-0.39, 0.29) is 24.7 Å². The second kappa shape index (κ2) is 10.5. The highest BCUT2D eigenvalue weighted by Crippen LogP contribution is 2.61. The number of epoxide rings is 1. The third-order valence-electron chi connectivity index (χ3n) is 9.03. The van der Waals surface area contributed by atoms with E-state index in [1.807, 2.05) is 6.92 Å². The zero-order valence-corrected chi connectivity index (χ0v) is 23.9. The molecule has 0 amide bonds. The standard InChI is InChI=1S/C28H38F3NO6S/c1-13(7-18-12-39-16(4)32-18)20-9-22-27(38-22,28(29,30)31)11-17-8-19(17)14(2)24(35)15(3)25(36)26(5,6)21(33)10-23(34)37-20/h7,12,14-15,17,19-22,24,33,35H,8-11H2,1-6H3/b13-7+/t14-,15+,17-,19-,20-,21-,22-,24-,27+/m0/s1. The van der Waals surface area contributed by atoms with Gasteiger partial charge in [-0.15, -0.1) is 11.3 Å². The van der Waals surface area contributed by atoms with E-state index < -0.39 is 71.6 Å². The van der Waals surface area contributed by atoms with Gasteiger partial charge in [0, 0.05) is 17.7 Å². The van der Waals surface area contributed by atoms with Crippen LogP contribution in [-0.2, 0) is 19.1 Å². The lowest BCUT2D eigenvalue weighted by atomic mass is 9.72. The number of Topliss-reactive ketones (excluding diaryl/α,β-unsaturated/α-hetero) is 1. The van der Waals surface area contributed by atoms with Crippen LogP contribution in [0.15, 0.2) is 11.0 Å². The van der Waals surface area contributed by atoms with Gasteiger partial charge in [-0.2, -0.15) is 13.2 Å². The van der Waals surface area contributed by atoms with Crippen LogP contribution in [0.5, 0.6) is 0 Å². The number of carbonyl (C=O) groups excluding carboxylic acids is 2. The smallest absolute Gasteiger partial charge is 0.420 e. The van der Waals surface area contributed by atoms with Crippen LogP contribution in [0.2, 0.25) is 0 Å². The van der Waals surface area contributed by atoms with Gasteiger partial charge in [-0.25, -0.2) is 4.98 Å². The van der Waals surface area contributed by atoms with E-state index in [2.05, 4.69) is 4.98 Å². The van der Waals surface area contributed by atoms with Crippen LogP contribution in [-0.4, -0.2) is 63.1 Å². The Labute approximate surface area is 230 Å². The van der Waals surface area contributed by atoms with E-state index >= 15 is 0 Å². The van der Waals surface area contributed by atoms with Gasteiger partial charge in [0.25, 0.3) is 0 Å². The first-order valence-electron chi connectivity index (χ1n) is 13.4. The maximum absolute atomic E-state index is 14.3. The van der Waals surface area contributed by atoms with Crippen molar-refractivity contribution in [1.82, 2.24) is 4.98 Å². The first-order chi connectivity index (χ1) is 18.0.